The number of anilines is 1. The topological polar surface area (TPSA) is 73.1 Å². The van der Waals surface area contributed by atoms with Crippen molar-refractivity contribution in [2.75, 3.05) is 11.9 Å². The van der Waals surface area contributed by atoms with Gasteiger partial charge >= 0.3 is 6.01 Å². The summed E-state index contributed by atoms with van der Waals surface area (Å²) in [4.78, 5) is 4.32. The molecule has 0 aliphatic carbocycles. The predicted molar refractivity (Wildman–Crippen MR) is 74.5 cm³/mol. The summed E-state index contributed by atoms with van der Waals surface area (Å²) in [5.74, 6) is 1.13. The molecule has 2 heterocycles. The van der Waals surface area contributed by atoms with Gasteiger partial charge in [-0.25, -0.2) is 0 Å². The molecule has 6 heteroatoms. The number of nitrogens with one attached hydrogen (secondary N) is 1. The van der Waals surface area contributed by atoms with Crippen LogP contribution >= 0.6 is 0 Å². The summed E-state index contributed by atoms with van der Waals surface area (Å²) in [5.41, 5.74) is 0.821. The lowest BCUT2D eigenvalue weighted by molar-refractivity contribution is 0.267. The molecule has 0 saturated heterocycles. The first-order valence-electron chi connectivity index (χ1n) is 6.39. The molecular weight excluding hydrogens is 256 g/mol. The van der Waals surface area contributed by atoms with Gasteiger partial charge in [-0.3, -0.25) is 4.98 Å². The molecule has 0 spiro atoms. The Morgan fingerprint density at radius 3 is 3.00 bits per heavy atom. The number of hydrogen-bond donors (Lipinski definition) is 1. The minimum Gasteiger partial charge on any atom is -0.482 e. The Labute approximate surface area is 115 Å². The maximum absolute atomic E-state index is 5.71. The second kappa shape index (κ2) is 5.56. The van der Waals surface area contributed by atoms with Crippen molar-refractivity contribution in [1.82, 2.24) is 15.2 Å². The second-order valence-electron chi connectivity index (χ2n) is 4.15. The molecule has 1 aromatic carbocycles. The molecule has 0 unspecified atom stereocenters. The highest BCUT2D eigenvalue weighted by Gasteiger charge is 2.08. The first-order valence-corrected chi connectivity index (χ1v) is 6.39. The number of nitrogens with zero attached hydrogens (tertiary/aromatic N) is 3. The van der Waals surface area contributed by atoms with Crippen LogP contribution in [0.25, 0.3) is 10.9 Å². The van der Waals surface area contributed by atoms with Crippen LogP contribution < -0.4 is 10.1 Å². The summed E-state index contributed by atoms with van der Waals surface area (Å²) in [6.07, 6.45) is 1.74. The van der Waals surface area contributed by atoms with Gasteiger partial charge in [-0.1, -0.05) is 23.3 Å². The highest BCUT2D eigenvalue weighted by atomic mass is 16.5. The van der Waals surface area contributed by atoms with Crippen LogP contribution in [0.15, 0.2) is 40.9 Å². The van der Waals surface area contributed by atoms with Crippen LogP contribution in [0.5, 0.6) is 5.75 Å². The maximum atomic E-state index is 5.71. The van der Waals surface area contributed by atoms with E-state index in [0.717, 1.165) is 17.4 Å². The van der Waals surface area contributed by atoms with Crippen LogP contribution in [0.3, 0.4) is 0 Å². The first-order chi connectivity index (χ1) is 9.86. The van der Waals surface area contributed by atoms with Gasteiger partial charge in [0.15, 0.2) is 6.61 Å². The number of rotatable bonds is 5. The van der Waals surface area contributed by atoms with Crippen LogP contribution in [0.2, 0.25) is 0 Å². The highest BCUT2D eigenvalue weighted by Crippen LogP contribution is 2.23. The van der Waals surface area contributed by atoms with Crippen LogP contribution in [-0.4, -0.2) is 21.7 Å². The molecule has 0 saturated carbocycles. The zero-order chi connectivity index (χ0) is 13.8. The zero-order valence-electron chi connectivity index (χ0n) is 11.0. The summed E-state index contributed by atoms with van der Waals surface area (Å²) in [7, 11) is 0. The van der Waals surface area contributed by atoms with Gasteiger partial charge in [0.25, 0.3) is 5.89 Å². The van der Waals surface area contributed by atoms with Gasteiger partial charge in [-0.05, 0) is 19.1 Å². The van der Waals surface area contributed by atoms with Gasteiger partial charge in [-0.15, -0.1) is 5.10 Å². The van der Waals surface area contributed by atoms with Crippen molar-refractivity contribution in [3.63, 3.8) is 0 Å². The lowest BCUT2D eigenvalue weighted by atomic mass is 10.2. The van der Waals surface area contributed by atoms with Gasteiger partial charge in [0.2, 0.25) is 0 Å². The third kappa shape index (κ3) is 2.54. The molecule has 0 fully saturated rings. The van der Waals surface area contributed by atoms with Gasteiger partial charge < -0.3 is 14.5 Å². The van der Waals surface area contributed by atoms with Gasteiger partial charge in [-0.2, -0.15) is 0 Å². The Morgan fingerprint density at radius 1 is 1.20 bits per heavy atom. The van der Waals surface area contributed by atoms with E-state index in [0.29, 0.717) is 17.7 Å². The van der Waals surface area contributed by atoms with Gasteiger partial charge in [0.05, 0.1) is 0 Å². The van der Waals surface area contributed by atoms with Crippen molar-refractivity contribution in [3.8, 4) is 5.75 Å². The fourth-order valence-corrected chi connectivity index (χ4v) is 1.87. The van der Waals surface area contributed by atoms with Crippen molar-refractivity contribution >= 4 is 16.9 Å². The molecule has 0 aliphatic rings. The Hall–Kier alpha value is -2.63. The Kier molecular flexibility index (Phi) is 3.45. The Morgan fingerprint density at radius 2 is 2.10 bits per heavy atom. The molecule has 102 valence electrons. The van der Waals surface area contributed by atoms with E-state index in [-0.39, 0.29) is 6.61 Å². The molecule has 0 bridgehead atoms. The number of para-hydroxylation sites is 1. The average Bonchev–Trinajstić information content (AvgIpc) is 2.93. The molecule has 20 heavy (non-hydrogen) atoms. The van der Waals surface area contributed by atoms with Crippen molar-refractivity contribution in [2.24, 2.45) is 0 Å². The van der Waals surface area contributed by atoms with E-state index in [2.05, 4.69) is 20.5 Å². The molecule has 0 aliphatic heterocycles. The van der Waals surface area contributed by atoms with E-state index in [1.165, 1.54) is 0 Å². The summed E-state index contributed by atoms with van der Waals surface area (Å²) >= 11 is 0. The molecule has 0 amide bonds. The summed E-state index contributed by atoms with van der Waals surface area (Å²) < 4.78 is 11.1. The SMILES string of the molecule is CCNc1nnc(COc2cccc3cccnc23)o1. The molecule has 2 aromatic heterocycles. The number of fused-ring (bicyclic) bond motifs is 1. The minimum absolute atomic E-state index is 0.216. The molecule has 0 atom stereocenters. The Balaban J connectivity index is 1.76. The van der Waals surface area contributed by atoms with Crippen molar-refractivity contribution in [1.29, 1.82) is 0 Å². The van der Waals surface area contributed by atoms with E-state index in [9.17, 15) is 0 Å². The zero-order valence-corrected chi connectivity index (χ0v) is 11.0. The van der Waals surface area contributed by atoms with E-state index in [1.54, 1.807) is 6.20 Å². The van der Waals surface area contributed by atoms with Crippen LogP contribution in [0, 0.1) is 0 Å². The Bertz CT molecular complexity index is 706. The number of aromatic nitrogens is 3. The standard InChI is InChI=1S/C14H14N4O2/c1-2-15-14-18-17-12(20-14)9-19-11-7-3-5-10-6-4-8-16-13(10)11/h3-8H,2,9H2,1H3,(H,15,18). The van der Waals surface area contributed by atoms with Crippen molar-refractivity contribution < 1.29 is 9.15 Å². The molecule has 0 radical (unpaired) electrons. The molecule has 6 nitrogen and oxygen atoms in total. The van der Waals surface area contributed by atoms with Crippen molar-refractivity contribution in [2.45, 2.75) is 13.5 Å². The monoisotopic (exact) mass is 270 g/mol. The minimum atomic E-state index is 0.216. The highest BCUT2D eigenvalue weighted by molar-refractivity contribution is 5.84. The largest absolute Gasteiger partial charge is 0.482 e. The number of benzene rings is 1. The summed E-state index contributed by atoms with van der Waals surface area (Å²) in [6.45, 7) is 2.91. The summed E-state index contributed by atoms with van der Waals surface area (Å²) in [6, 6.07) is 10.1. The molecule has 3 aromatic rings. The molecule has 1 N–H and O–H groups in total. The molecular formula is C14H14N4O2. The predicted octanol–water partition coefficient (Wildman–Crippen LogP) is 2.63. The van der Waals surface area contributed by atoms with Crippen LogP contribution in [-0.2, 0) is 6.61 Å². The maximum Gasteiger partial charge on any atom is 0.315 e. The van der Waals surface area contributed by atoms with Gasteiger partial charge in [0.1, 0.15) is 11.3 Å². The number of pyridine rings is 1. The average molecular weight is 270 g/mol. The third-order valence-corrected chi connectivity index (χ3v) is 2.74. The van der Waals surface area contributed by atoms with E-state index in [4.69, 9.17) is 9.15 Å². The van der Waals surface area contributed by atoms with E-state index in [1.807, 2.05) is 37.3 Å². The smallest absolute Gasteiger partial charge is 0.315 e. The fourth-order valence-electron chi connectivity index (χ4n) is 1.87. The quantitative estimate of drug-likeness (QED) is 0.768. The third-order valence-electron chi connectivity index (χ3n) is 2.74. The van der Waals surface area contributed by atoms with E-state index >= 15 is 0 Å². The number of hydrogen-bond acceptors (Lipinski definition) is 6. The van der Waals surface area contributed by atoms with E-state index < -0.39 is 0 Å². The fraction of sp³-hybridized carbons (Fsp3) is 0.214. The molecule has 3 rings (SSSR count). The lowest BCUT2D eigenvalue weighted by Crippen LogP contribution is -1.97. The summed E-state index contributed by atoms with van der Waals surface area (Å²) in [5, 5.41) is 11.7. The lowest BCUT2D eigenvalue weighted by Gasteiger charge is -2.06. The second-order valence-corrected chi connectivity index (χ2v) is 4.15. The first kappa shape index (κ1) is 12.4. The normalized spacial score (nSPS) is 10.7. The van der Waals surface area contributed by atoms with Crippen molar-refractivity contribution in [3.05, 3.63) is 42.4 Å². The van der Waals surface area contributed by atoms with Crippen LogP contribution in [0.1, 0.15) is 12.8 Å². The number of ether oxygens (including phenoxy) is 1. The van der Waals surface area contributed by atoms with Gasteiger partial charge in [0, 0.05) is 18.1 Å². The van der Waals surface area contributed by atoms with Crippen LogP contribution in [0.4, 0.5) is 6.01 Å².